The van der Waals surface area contributed by atoms with Crippen LogP contribution in [0.4, 0.5) is 9.18 Å². The number of hydrogen-bond donors (Lipinski definition) is 3. The highest BCUT2D eigenvalue weighted by Gasteiger charge is 2.38. The lowest BCUT2D eigenvalue weighted by molar-refractivity contribution is 0.0995. The van der Waals surface area contributed by atoms with Gasteiger partial charge in [-0.3, -0.25) is 14.6 Å². The first-order valence-electron chi connectivity index (χ1n) is 10.4. The Morgan fingerprint density at radius 3 is 2.71 bits per heavy atom. The maximum Gasteiger partial charge on any atom is 0.315 e. The van der Waals surface area contributed by atoms with E-state index in [1.165, 1.54) is 17.2 Å². The number of aryl methyl sites for hydroxylation is 1. The van der Waals surface area contributed by atoms with Crippen molar-refractivity contribution in [1.29, 1.82) is 5.26 Å². The topological polar surface area (TPSA) is 160 Å². The van der Waals surface area contributed by atoms with E-state index in [4.69, 9.17) is 11.5 Å². The maximum absolute atomic E-state index is 14.7. The van der Waals surface area contributed by atoms with Crippen LogP contribution in [0.15, 0.2) is 36.5 Å². The van der Waals surface area contributed by atoms with Gasteiger partial charge in [0.25, 0.3) is 5.91 Å². The molecule has 0 saturated heterocycles. The number of benzene rings is 2. The van der Waals surface area contributed by atoms with Gasteiger partial charge in [0.1, 0.15) is 17.6 Å². The van der Waals surface area contributed by atoms with Crippen molar-refractivity contribution >= 4 is 22.8 Å². The summed E-state index contributed by atoms with van der Waals surface area (Å²) in [5.74, 6) is -1.30. The van der Waals surface area contributed by atoms with E-state index in [1.807, 2.05) is 0 Å². The standard InChI is InChI=1S/C23H19FN8O2/c1-11-6-12(2-3-13(11)9-25)20-21-18(22(26)33)19(30-32(21)5-4-31(20)23(27)34)14-7-16(24)15-10-28-29-17(15)8-14/h2-3,6-8,10,20H,4-5H2,1H3,(H2,26,33)(H2,27,34)(H,28,29). The fourth-order valence-electron chi connectivity index (χ4n) is 4.55. The van der Waals surface area contributed by atoms with Crippen LogP contribution in [0.3, 0.4) is 0 Å². The lowest BCUT2D eigenvalue weighted by atomic mass is 9.92. The highest BCUT2D eigenvalue weighted by molar-refractivity contribution is 6.01. The Bertz CT molecular complexity index is 1530. The molecule has 5 rings (SSSR count). The van der Waals surface area contributed by atoms with E-state index < -0.39 is 23.8 Å². The molecular formula is C23H19FN8O2. The number of nitrogens with one attached hydrogen (secondary N) is 1. The number of carbonyl (C=O) groups excluding carboxylic acids is 2. The van der Waals surface area contributed by atoms with Gasteiger partial charge in [0.2, 0.25) is 0 Å². The molecule has 170 valence electrons. The second-order valence-corrected chi connectivity index (χ2v) is 8.11. The van der Waals surface area contributed by atoms with Crippen molar-refractivity contribution in [1.82, 2.24) is 24.9 Å². The minimum absolute atomic E-state index is 0.0660. The number of rotatable bonds is 3. The fourth-order valence-corrected chi connectivity index (χ4v) is 4.55. The summed E-state index contributed by atoms with van der Waals surface area (Å²) in [7, 11) is 0. The summed E-state index contributed by atoms with van der Waals surface area (Å²) in [4.78, 5) is 26.5. The van der Waals surface area contributed by atoms with Gasteiger partial charge < -0.3 is 16.4 Å². The third-order valence-corrected chi connectivity index (χ3v) is 6.11. The largest absolute Gasteiger partial charge is 0.365 e. The summed E-state index contributed by atoms with van der Waals surface area (Å²) in [5.41, 5.74) is 14.7. The van der Waals surface area contributed by atoms with E-state index in [2.05, 4.69) is 21.4 Å². The van der Waals surface area contributed by atoms with Crippen LogP contribution in [0.2, 0.25) is 0 Å². The van der Waals surface area contributed by atoms with Gasteiger partial charge in [-0.1, -0.05) is 12.1 Å². The van der Waals surface area contributed by atoms with Crippen molar-refractivity contribution in [3.05, 3.63) is 70.3 Å². The van der Waals surface area contributed by atoms with Gasteiger partial charge in [-0.05, 0) is 36.2 Å². The first kappa shape index (κ1) is 21.1. The van der Waals surface area contributed by atoms with Crippen molar-refractivity contribution in [2.45, 2.75) is 19.5 Å². The van der Waals surface area contributed by atoms with Crippen molar-refractivity contribution < 1.29 is 14.0 Å². The molecule has 1 aliphatic heterocycles. The second kappa shape index (κ2) is 7.70. The highest BCUT2D eigenvalue weighted by atomic mass is 19.1. The number of aromatic nitrogens is 4. The van der Waals surface area contributed by atoms with Crippen LogP contribution in [0.25, 0.3) is 22.2 Å². The number of amides is 3. The number of aromatic amines is 1. The summed E-state index contributed by atoms with van der Waals surface area (Å²) in [6, 6.07) is 8.68. The Hall–Kier alpha value is -4.72. The van der Waals surface area contributed by atoms with Crippen molar-refractivity contribution in [3.8, 4) is 17.3 Å². The number of nitriles is 1. The molecule has 0 saturated carbocycles. The zero-order valence-electron chi connectivity index (χ0n) is 18.0. The van der Waals surface area contributed by atoms with Crippen LogP contribution < -0.4 is 11.5 Å². The van der Waals surface area contributed by atoms with Gasteiger partial charge in [-0.25, -0.2) is 9.18 Å². The molecule has 34 heavy (non-hydrogen) atoms. The zero-order chi connectivity index (χ0) is 24.1. The van der Waals surface area contributed by atoms with Gasteiger partial charge >= 0.3 is 6.03 Å². The SMILES string of the molecule is Cc1cc(C2c3c(C(N)=O)c(-c4cc(F)c5cn[nH]c5c4)nn3CCN2C(N)=O)ccc1C#N. The van der Waals surface area contributed by atoms with Crippen molar-refractivity contribution in [3.63, 3.8) is 0 Å². The van der Waals surface area contributed by atoms with Crippen LogP contribution in [-0.2, 0) is 6.54 Å². The molecule has 0 aliphatic carbocycles. The number of hydrogen-bond acceptors (Lipinski definition) is 5. The summed E-state index contributed by atoms with van der Waals surface area (Å²) >= 11 is 0. The zero-order valence-corrected chi connectivity index (χ0v) is 18.0. The smallest absolute Gasteiger partial charge is 0.315 e. The van der Waals surface area contributed by atoms with Gasteiger partial charge in [-0.15, -0.1) is 0 Å². The molecule has 11 heteroatoms. The van der Waals surface area contributed by atoms with Crippen LogP contribution in [-0.4, -0.2) is 43.4 Å². The minimum Gasteiger partial charge on any atom is -0.365 e. The second-order valence-electron chi connectivity index (χ2n) is 8.11. The van der Waals surface area contributed by atoms with E-state index in [0.717, 1.165) is 0 Å². The number of urea groups is 1. The first-order valence-corrected chi connectivity index (χ1v) is 10.4. The Labute approximate surface area is 192 Å². The number of carbonyl (C=O) groups is 2. The highest BCUT2D eigenvalue weighted by Crippen LogP contribution is 2.39. The molecule has 0 spiro atoms. The Morgan fingerprint density at radius 2 is 2.03 bits per heavy atom. The van der Waals surface area contributed by atoms with Crippen LogP contribution in [0.1, 0.15) is 38.8 Å². The third kappa shape index (κ3) is 3.15. The molecule has 10 nitrogen and oxygen atoms in total. The molecule has 0 radical (unpaired) electrons. The number of nitrogens with two attached hydrogens (primary N) is 2. The molecule has 1 unspecified atom stereocenters. The lowest BCUT2D eigenvalue weighted by Crippen LogP contribution is -2.46. The first-order chi connectivity index (χ1) is 16.3. The number of primary amides is 2. The van der Waals surface area contributed by atoms with E-state index in [1.54, 1.807) is 35.9 Å². The summed E-state index contributed by atoms with van der Waals surface area (Å²) in [6.45, 7) is 2.28. The fraction of sp³-hybridized carbons (Fsp3) is 0.174. The third-order valence-electron chi connectivity index (χ3n) is 6.11. The normalized spacial score (nSPS) is 15.2. The summed E-state index contributed by atoms with van der Waals surface area (Å²) in [5, 5.41) is 20.8. The predicted octanol–water partition coefficient (Wildman–Crippen LogP) is 2.33. The van der Waals surface area contributed by atoms with Crippen molar-refractivity contribution in [2.75, 3.05) is 6.54 Å². The summed E-state index contributed by atoms with van der Waals surface area (Å²) < 4.78 is 16.3. The molecule has 0 fully saturated rings. The van der Waals surface area contributed by atoms with E-state index >= 15 is 0 Å². The predicted molar refractivity (Wildman–Crippen MR) is 120 cm³/mol. The molecule has 3 amide bonds. The van der Waals surface area contributed by atoms with Gasteiger partial charge in [0, 0.05) is 12.1 Å². The molecular weight excluding hydrogens is 439 g/mol. The van der Waals surface area contributed by atoms with E-state index in [-0.39, 0.29) is 24.3 Å². The monoisotopic (exact) mass is 458 g/mol. The molecule has 0 bridgehead atoms. The van der Waals surface area contributed by atoms with Gasteiger partial charge in [-0.2, -0.15) is 15.5 Å². The quantitative estimate of drug-likeness (QED) is 0.429. The minimum atomic E-state index is -0.776. The van der Waals surface area contributed by atoms with E-state index in [0.29, 0.717) is 38.9 Å². The van der Waals surface area contributed by atoms with E-state index in [9.17, 15) is 19.2 Å². The maximum atomic E-state index is 14.7. The molecule has 3 heterocycles. The number of fused-ring (bicyclic) bond motifs is 2. The number of H-pyrrole nitrogens is 1. The Morgan fingerprint density at radius 1 is 1.24 bits per heavy atom. The average molecular weight is 458 g/mol. The number of halogens is 1. The lowest BCUT2D eigenvalue weighted by Gasteiger charge is -2.36. The van der Waals surface area contributed by atoms with Gasteiger partial charge in [0.05, 0.1) is 46.5 Å². The van der Waals surface area contributed by atoms with Crippen LogP contribution >= 0.6 is 0 Å². The van der Waals surface area contributed by atoms with Crippen LogP contribution in [0, 0.1) is 24.1 Å². The van der Waals surface area contributed by atoms with Crippen LogP contribution in [0.5, 0.6) is 0 Å². The summed E-state index contributed by atoms with van der Waals surface area (Å²) in [6.07, 6.45) is 1.37. The molecule has 1 atom stereocenters. The molecule has 5 N–H and O–H groups in total. The average Bonchev–Trinajstić information content (AvgIpc) is 3.43. The molecule has 4 aromatic rings. The molecule has 2 aromatic heterocycles. The molecule has 1 aliphatic rings. The van der Waals surface area contributed by atoms with Crippen molar-refractivity contribution in [2.24, 2.45) is 11.5 Å². The Balaban J connectivity index is 1.77. The number of nitrogens with zero attached hydrogens (tertiary/aromatic N) is 5. The molecule has 2 aromatic carbocycles. The Kier molecular flexibility index (Phi) is 4.79. The van der Waals surface area contributed by atoms with Gasteiger partial charge in [0.15, 0.2) is 0 Å².